The van der Waals surface area contributed by atoms with Crippen LogP contribution < -0.4 is 9.64 Å². The van der Waals surface area contributed by atoms with Gasteiger partial charge in [-0.15, -0.1) is 0 Å². The summed E-state index contributed by atoms with van der Waals surface area (Å²) in [6.45, 7) is 6.91. The number of hydrogen-bond acceptors (Lipinski definition) is 5. The van der Waals surface area contributed by atoms with Crippen molar-refractivity contribution in [1.29, 1.82) is 0 Å². The van der Waals surface area contributed by atoms with E-state index in [0.717, 1.165) is 12.2 Å². The zero-order chi connectivity index (χ0) is 14.9. The van der Waals surface area contributed by atoms with Gasteiger partial charge in [0.2, 0.25) is 0 Å². The first-order valence-electron chi connectivity index (χ1n) is 6.68. The number of morpholine rings is 1. The van der Waals surface area contributed by atoms with E-state index in [9.17, 15) is 10.1 Å². The fourth-order valence-electron chi connectivity index (χ4n) is 2.56. The molecule has 1 aliphatic rings. The summed E-state index contributed by atoms with van der Waals surface area (Å²) in [7, 11) is 1.44. The van der Waals surface area contributed by atoms with E-state index in [4.69, 9.17) is 9.47 Å². The van der Waals surface area contributed by atoms with Crippen molar-refractivity contribution in [3.63, 3.8) is 0 Å². The predicted octanol–water partition coefficient (Wildman–Crippen LogP) is 2.61. The summed E-state index contributed by atoms with van der Waals surface area (Å²) >= 11 is 0. The number of methoxy groups -OCH3 is 1. The first-order valence-corrected chi connectivity index (χ1v) is 6.68. The lowest BCUT2D eigenvalue weighted by Crippen LogP contribution is -2.52. The van der Waals surface area contributed by atoms with Gasteiger partial charge in [0.25, 0.3) is 0 Å². The van der Waals surface area contributed by atoms with Gasteiger partial charge in [-0.2, -0.15) is 0 Å². The minimum absolute atomic E-state index is 0.0155. The highest BCUT2D eigenvalue weighted by Gasteiger charge is 2.30. The third kappa shape index (κ3) is 2.70. The molecule has 0 bridgehead atoms. The topological polar surface area (TPSA) is 64.8 Å². The number of nitro benzene ring substituents is 1. The second-order valence-corrected chi connectivity index (χ2v) is 5.16. The normalized spacial score (nSPS) is 26.4. The van der Waals surface area contributed by atoms with Crippen molar-refractivity contribution in [2.45, 2.75) is 39.0 Å². The SMILES string of the molecule is COc1cc(N2C[C@H](C)O[C@@H](C)[C@@H]2C)ccc1[N+](=O)[O-]. The molecule has 0 unspecified atom stereocenters. The van der Waals surface area contributed by atoms with Crippen LogP contribution in [0.2, 0.25) is 0 Å². The number of rotatable bonds is 3. The number of benzene rings is 1. The van der Waals surface area contributed by atoms with Gasteiger partial charge in [-0.25, -0.2) is 0 Å². The summed E-state index contributed by atoms with van der Waals surface area (Å²) in [6, 6.07) is 5.19. The lowest BCUT2D eigenvalue weighted by molar-refractivity contribution is -0.385. The Hall–Kier alpha value is -1.82. The second kappa shape index (κ2) is 5.66. The number of nitrogens with zero attached hydrogens (tertiary/aromatic N) is 2. The fourth-order valence-corrected chi connectivity index (χ4v) is 2.56. The standard InChI is InChI=1S/C14H20N2O4/c1-9-8-15(10(2)11(3)20-9)12-5-6-13(16(17)18)14(7-12)19-4/h5-7,9-11H,8H2,1-4H3/t9-,10-,11-/m0/s1. The molecule has 1 aromatic rings. The van der Waals surface area contributed by atoms with E-state index in [1.807, 2.05) is 13.8 Å². The molecule has 0 N–H and O–H groups in total. The van der Waals surface area contributed by atoms with Gasteiger partial charge in [0.05, 0.1) is 30.3 Å². The first kappa shape index (κ1) is 14.6. The van der Waals surface area contributed by atoms with Gasteiger partial charge in [0.1, 0.15) is 0 Å². The summed E-state index contributed by atoms with van der Waals surface area (Å²) in [5, 5.41) is 10.9. The molecule has 20 heavy (non-hydrogen) atoms. The average molecular weight is 280 g/mol. The second-order valence-electron chi connectivity index (χ2n) is 5.16. The molecule has 1 saturated heterocycles. The van der Waals surface area contributed by atoms with Crippen LogP contribution in [-0.4, -0.2) is 36.8 Å². The van der Waals surface area contributed by atoms with E-state index in [1.54, 1.807) is 12.1 Å². The van der Waals surface area contributed by atoms with Gasteiger partial charge in [-0.05, 0) is 26.8 Å². The number of hydrogen-bond donors (Lipinski definition) is 0. The highest BCUT2D eigenvalue weighted by atomic mass is 16.6. The van der Waals surface area contributed by atoms with Gasteiger partial charge in [-0.1, -0.05) is 0 Å². The van der Waals surface area contributed by atoms with Crippen molar-refractivity contribution < 1.29 is 14.4 Å². The van der Waals surface area contributed by atoms with Crippen LogP contribution in [0.4, 0.5) is 11.4 Å². The van der Waals surface area contributed by atoms with Gasteiger partial charge in [-0.3, -0.25) is 10.1 Å². The van der Waals surface area contributed by atoms with E-state index in [1.165, 1.54) is 13.2 Å². The van der Waals surface area contributed by atoms with Crippen LogP contribution in [0.3, 0.4) is 0 Å². The Morgan fingerprint density at radius 3 is 2.70 bits per heavy atom. The van der Waals surface area contributed by atoms with Crippen LogP contribution in [0, 0.1) is 10.1 Å². The molecule has 0 aliphatic carbocycles. The molecule has 6 nitrogen and oxygen atoms in total. The largest absolute Gasteiger partial charge is 0.490 e. The monoisotopic (exact) mass is 280 g/mol. The van der Waals surface area contributed by atoms with Crippen molar-refractivity contribution in [1.82, 2.24) is 0 Å². The maximum absolute atomic E-state index is 10.9. The third-order valence-corrected chi connectivity index (χ3v) is 3.76. The van der Waals surface area contributed by atoms with Crippen LogP contribution >= 0.6 is 0 Å². The van der Waals surface area contributed by atoms with E-state index in [-0.39, 0.29) is 29.7 Å². The summed E-state index contributed by atoms with van der Waals surface area (Å²) in [6.07, 6.45) is 0.238. The molecular formula is C14H20N2O4. The maximum atomic E-state index is 10.9. The quantitative estimate of drug-likeness (QED) is 0.629. The van der Waals surface area contributed by atoms with Gasteiger partial charge in [0.15, 0.2) is 5.75 Å². The van der Waals surface area contributed by atoms with Gasteiger partial charge >= 0.3 is 5.69 Å². The molecule has 1 aromatic carbocycles. The Bertz CT molecular complexity index is 506. The molecule has 1 heterocycles. The van der Waals surface area contributed by atoms with E-state index < -0.39 is 4.92 Å². The van der Waals surface area contributed by atoms with Crippen molar-refractivity contribution in [2.24, 2.45) is 0 Å². The van der Waals surface area contributed by atoms with E-state index in [0.29, 0.717) is 0 Å². The fraction of sp³-hybridized carbons (Fsp3) is 0.571. The molecule has 0 aromatic heterocycles. The molecule has 2 rings (SSSR count). The molecule has 0 radical (unpaired) electrons. The maximum Gasteiger partial charge on any atom is 0.311 e. The zero-order valence-corrected chi connectivity index (χ0v) is 12.2. The molecule has 0 amide bonds. The van der Waals surface area contributed by atoms with Gasteiger partial charge in [0, 0.05) is 24.4 Å². The summed E-state index contributed by atoms with van der Waals surface area (Å²) in [4.78, 5) is 12.7. The predicted molar refractivity (Wildman–Crippen MR) is 76.5 cm³/mol. The highest BCUT2D eigenvalue weighted by molar-refractivity contribution is 5.60. The van der Waals surface area contributed by atoms with Crippen molar-refractivity contribution in [3.8, 4) is 5.75 Å². The third-order valence-electron chi connectivity index (χ3n) is 3.76. The Balaban J connectivity index is 2.34. The van der Waals surface area contributed by atoms with Gasteiger partial charge < -0.3 is 14.4 Å². The first-order chi connectivity index (χ1) is 9.43. The minimum Gasteiger partial charge on any atom is -0.490 e. The molecule has 0 spiro atoms. The van der Waals surface area contributed by atoms with Crippen LogP contribution in [0.5, 0.6) is 5.75 Å². The van der Waals surface area contributed by atoms with Crippen molar-refractivity contribution in [3.05, 3.63) is 28.3 Å². The van der Waals surface area contributed by atoms with Crippen LogP contribution in [0.25, 0.3) is 0 Å². The molecule has 0 saturated carbocycles. The zero-order valence-electron chi connectivity index (χ0n) is 12.2. The van der Waals surface area contributed by atoms with Crippen LogP contribution in [-0.2, 0) is 4.74 Å². The number of anilines is 1. The summed E-state index contributed by atoms with van der Waals surface area (Å²) in [5.74, 6) is 0.284. The Labute approximate surface area is 118 Å². The molecule has 1 aliphatic heterocycles. The van der Waals surface area contributed by atoms with E-state index >= 15 is 0 Å². The highest BCUT2D eigenvalue weighted by Crippen LogP contribution is 2.33. The average Bonchev–Trinajstić information content (AvgIpc) is 2.41. The Morgan fingerprint density at radius 2 is 2.10 bits per heavy atom. The summed E-state index contributed by atoms with van der Waals surface area (Å²) < 4.78 is 10.9. The molecule has 1 fully saturated rings. The smallest absolute Gasteiger partial charge is 0.311 e. The summed E-state index contributed by atoms with van der Waals surface area (Å²) in [5.41, 5.74) is 0.903. The lowest BCUT2D eigenvalue weighted by atomic mass is 10.1. The Morgan fingerprint density at radius 1 is 1.40 bits per heavy atom. The molecule has 3 atom stereocenters. The minimum atomic E-state index is -0.434. The molecule has 6 heteroatoms. The number of nitro groups is 1. The number of ether oxygens (including phenoxy) is 2. The van der Waals surface area contributed by atoms with Crippen LogP contribution in [0.1, 0.15) is 20.8 Å². The molecular weight excluding hydrogens is 260 g/mol. The van der Waals surface area contributed by atoms with Crippen molar-refractivity contribution in [2.75, 3.05) is 18.6 Å². The van der Waals surface area contributed by atoms with Crippen molar-refractivity contribution >= 4 is 11.4 Å². The van der Waals surface area contributed by atoms with Crippen LogP contribution in [0.15, 0.2) is 18.2 Å². The molecule has 110 valence electrons. The van der Waals surface area contributed by atoms with E-state index in [2.05, 4.69) is 11.8 Å². The lowest BCUT2D eigenvalue weighted by Gasteiger charge is -2.42. The Kier molecular flexibility index (Phi) is 4.13.